The van der Waals surface area contributed by atoms with Crippen LogP contribution in [0.5, 0.6) is 23.0 Å². The number of nitrogens with zero attached hydrogens (tertiary/aromatic N) is 3. The minimum absolute atomic E-state index is 0.0594. The van der Waals surface area contributed by atoms with Gasteiger partial charge in [-0.2, -0.15) is 22.9 Å². The molecule has 0 N–H and O–H groups in total. The Morgan fingerprint density at radius 1 is 1.02 bits per heavy atom. The highest BCUT2D eigenvalue weighted by atomic mass is 79.9. The van der Waals surface area contributed by atoms with E-state index in [9.17, 15) is 18.0 Å². The van der Waals surface area contributed by atoms with Crippen molar-refractivity contribution in [2.24, 2.45) is 5.10 Å². The van der Waals surface area contributed by atoms with Crippen LogP contribution in [0.2, 0.25) is 0 Å². The molecule has 6 rings (SSSR count). The van der Waals surface area contributed by atoms with Gasteiger partial charge >= 0.3 is 6.18 Å². The molecule has 0 radical (unpaired) electrons. The van der Waals surface area contributed by atoms with Gasteiger partial charge in [0, 0.05) is 15.6 Å². The van der Waals surface area contributed by atoms with Crippen molar-refractivity contribution in [2.45, 2.75) is 12.8 Å². The Hall–Kier alpha value is -4.84. The fourth-order valence-electron chi connectivity index (χ4n) is 4.55. The number of rotatable bonds is 7. The van der Waals surface area contributed by atoms with Crippen LogP contribution in [0.1, 0.15) is 16.7 Å². The van der Waals surface area contributed by atoms with Gasteiger partial charge in [-0.3, -0.25) is 4.79 Å². The van der Waals surface area contributed by atoms with Gasteiger partial charge in [0.05, 0.1) is 29.8 Å². The second kappa shape index (κ2) is 11.4. The monoisotopic (exact) mass is 651 g/mol. The number of fused-ring (bicyclic) bond motifs is 2. The number of ether oxygens (including phenoxy) is 4. The third kappa shape index (κ3) is 5.78. The van der Waals surface area contributed by atoms with Gasteiger partial charge in [-0.25, -0.2) is 4.98 Å². The van der Waals surface area contributed by atoms with Gasteiger partial charge in [0.15, 0.2) is 28.8 Å². The Kier molecular flexibility index (Phi) is 7.53. The normalized spacial score (nSPS) is 12.7. The molecule has 0 atom stereocenters. The predicted molar refractivity (Wildman–Crippen MR) is 157 cm³/mol. The van der Waals surface area contributed by atoms with Crippen LogP contribution in [-0.4, -0.2) is 29.8 Å². The van der Waals surface area contributed by atoms with Crippen molar-refractivity contribution >= 4 is 33.0 Å². The molecule has 0 bridgehead atoms. The number of alkyl halides is 3. The molecule has 1 aliphatic heterocycles. The van der Waals surface area contributed by atoms with Crippen molar-refractivity contribution in [1.82, 2.24) is 9.66 Å². The third-order valence-electron chi connectivity index (χ3n) is 6.60. The molecule has 2 heterocycles. The predicted octanol–water partition coefficient (Wildman–Crippen LogP) is 7.04. The van der Waals surface area contributed by atoms with Crippen molar-refractivity contribution in [3.05, 3.63) is 110 Å². The minimum Gasteiger partial charge on any atom is -0.493 e. The highest BCUT2D eigenvalue weighted by molar-refractivity contribution is 9.10. The van der Waals surface area contributed by atoms with Crippen molar-refractivity contribution < 1.29 is 32.1 Å². The zero-order valence-corrected chi connectivity index (χ0v) is 24.0. The molecule has 0 aliphatic carbocycles. The van der Waals surface area contributed by atoms with Crippen LogP contribution in [0.4, 0.5) is 13.2 Å². The van der Waals surface area contributed by atoms with Crippen molar-refractivity contribution in [2.75, 3.05) is 13.9 Å². The van der Waals surface area contributed by atoms with E-state index in [2.05, 4.69) is 26.0 Å². The fraction of sp³-hybridized carbons (Fsp3) is 0.129. The molecule has 0 fully saturated rings. The van der Waals surface area contributed by atoms with E-state index in [4.69, 9.17) is 18.9 Å². The average molecular weight is 652 g/mol. The second-order valence-electron chi connectivity index (χ2n) is 9.40. The van der Waals surface area contributed by atoms with Crippen LogP contribution in [0.3, 0.4) is 0 Å². The molecule has 0 saturated carbocycles. The Morgan fingerprint density at radius 3 is 2.65 bits per heavy atom. The molecule has 5 aromatic rings. The maximum Gasteiger partial charge on any atom is 0.416 e. The molecular weight excluding hydrogens is 631 g/mol. The van der Waals surface area contributed by atoms with Gasteiger partial charge < -0.3 is 18.9 Å². The number of benzene rings is 4. The molecule has 0 saturated heterocycles. The first kappa shape index (κ1) is 28.3. The smallest absolute Gasteiger partial charge is 0.416 e. The largest absolute Gasteiger partial charge is 0.493 e. The lowest BCUT2D eigenvalue weighted by Crippen LogP contribution is -2.20. The van der Waals surface area contributed by atoms with E-state index in [1.54, 1.807) is 42.5 Å². The van der Waals surface area contributed by atoms with E-state index in [1.165, 1.54) is 25.5 Å². The van der Waals surface area contributed by atoms with Gasteiger partial charge in [-0.05, 0) is 54.1 Å². The lowest BCUT2D eigenvalue weighted by atomic mass is 10.1. The van der Waals surface area contributed by atoms with Crippen LogP contribution < -0.4 is 24.5 Å². The summed E-state index contributed by atoms with van der Waals surface area (Å²) in [5.41, 5.74) is 0.197. The van der Waals surface area contributed by atoms with Gasteiger partial charge in [-0.1, -0.05) is 46.3 Å². The van der Waals surface area contributed by atoms with Gasteiger partial charge in [-0.15, -0.1) is 0 Å². The summed E-state index contributed by atoms with van der Waals surface area (Å²) in [6.45, 7) is 0.286. The van der Waals surface area contributed by atoms with Crippen LogP contribution in [0.25, 0.3) is 22.3 Å². The molecular formula is C31H21BrF3N3O5. The zero-order chi connectivity index (χ0) is 30.1. The van der Waals surface area contributed by atoms with E-state index in [1.807, 2.05) is 12.1 Å². The first-order valence-electron chi connectivity index (χ1n) is 12.8. The molecule has 0 unspecified atom stereocenters. The van der Waals surface area contributed by atoms with Gasteiger partial charge in [0.1, 0.15) is 6.61 Å². The number of aromatic nitrogens is 2. The quantitative estimate of drug-likeness (QED) is 0.176. The highest BCUT2D eigenvalue weighted by Crippen LogP contribution is 2.37. The Morgan fingerprint density at radius 2 is 1.84 bits per heavy atom. The summed E-state index contributed by atoms with van der Waals surface area (Å²) in [5, 5.41) is 4.67. The molecule has 1 aromatic heterocycles. The first-order valence-corrected chi connectivity index (χ1v) is 13.6. The van der Waals surface area contributed by atoms with Gasteiger partial charge in [0.2, 0.25) is 6.79 Å². The third-order valence-corrected chi connectivity index (χ3v) is 7.06. The summed E-state index contributed by atoms with van der Waals surface area (Å²) in [6.07, 6.45) is -3.21. The molecule has 0 spiro atoms. The number of halogens is 4. The van der Waals surface area contributed by atoms with Gasteiger partial charge in [0.25, 0.3) is 5.56 Å². The Labute approximate surface area is 251 Å². The highest BCUT2D eigenvalue weighted by Gasteiger charge is 2.31. The summed E-state index contributed by atoms with van der Waals surface area (Å²) in [5.74, 6) is 1.91. The summed E-state index contributed by atoms with van der Waals surface area (Å²) in [7, 11) is 1.49. The molecule has 1 aliphatic rings. The molecule has 43 heavy (non-hydrogen) atoms. The summed E-state index contributed by atoms with van der Waals surface area (Å²) in [4.78, 5) is 18.1. The van der Waals surface area contributed by atoms with E-state index in [-0.39, 0.29) is 30.2 Å². The van der Waals surface area contributed by atoms with Crippen molar-refractivity contribution in [3.63, 3.8) is 0 Å². The molecule has 0 amide bonds. The minimum atomic E-state index is -4.58. The molecule has 4 aromatic carbocycles. The van der Waals surface area contributed by atoms with Crippen molar-refractivity contribution in [3.8, 4) is 34.4 Å². The SMILES string of the molecule is COc1cc(Br)cc(C=Nn2c(-c3cccc(C(F)(F)F)c3)nc3ccccc3c2=O)c1OCc1ccc2c(c1)OCO2. The lowest BCUT2D eigenvalue weighted by molar-refractivity contribution is -0.137. The topological polar surface area (TPSA) is 84.2 Å². The molecule has 8 nitrogen and oxygen atoms in total. The van der Waals surface area contributed by atoms with Crippen LogP contribution in [0, 0.1) is 0 Å². The fourth-order valence-corrected chi connectivity index (χ4v) is 5.00. The number of para-hydroxylation sites is 1. The Bertz CT molecular complexity index is 1940. The molecule has 12 heteroatoms. The van der Waals surface area contributed by atoms with E-state index >= 15 is 0 Å². The lowest BCUT2D eigenvalue weighted by Gasteiger charge is -2.15. The summed E-state index contributed by atoms with van der Waals surface area (Å²) >= 11 is 3.45. The number of methoxy groups -OCH3 is 1. The van der Waals surface area contributed by atoms with Crippen LogP contribution in [-0.2, 0) is 12.8 Å². The number of hydrogen-bond acceptors (Lipinski definition) is 7. The number of hydrogen-bond donors (Lipinski definition) is 0. The summed E-state index contributed by atoms with van der Waals surface area (Å²) < 4.78 is 64.8. The molecule has 218 valence electrons. The maximum atomic E-state index is 13.6. The average Bonchev–Trinajstić information content (AvgIpc) is 3.47. The van der Waals surface area contributed by atoms with E-state index in [0.717, 1.165) is 22.4 Å². The standard InChI is InChI=1S/C31H21BrF3N3O5/c1-40-27-14-22(32)13-20(28(27)41-16-18-9-10-25-26(11-18)43-17-42-25)15-36-38-29(19-5-4-6-21(12-19)31(33,34)35)37-24-8-3-2-7-23(24)30(38)39/h2-15H,16-17H2,1H3. The van der Waals surface area contributed by atoms with E-state index in [0.29, 0.717) is 38.6 Å². The first-order chi connectivity index (χ1) is 20.7. The van der Waals surface area contributed by atoms with Crippen LogP contribution in [0.15, 0.2) is 93.2 Å². The summed E-state index contributed by atoms with van der Waals surface area (Å²) in [6, 6.07) is 20.0. The van der Waals surface area contributed by atoms with E-state index < -0.39 is 17.3 Å². The Balaban J connectivity index is 1.44. The zero-order valence-electron chi connectivity index (χ0n) is 22.4. The van der Waals surface area contributed by atoms with Crippen molar-refractivity contribution in [1.29, 1.82) is 0 Å². The maximum absolute atomic E-state index is 13.6. The second-order valence-corrected chi connectivity index (χ2v) is 10.3. The van der Waals surface area contributed by atoms with Crippen LogP contribution >= 0.6 is 15.9 Å².